The average Bonchev–Trinajstić information content (AvgIpc) is 3.19. The maximum atomic E-state index is 12.7. The summed E-state index contributed by atoms with van der Waals surface area (Å²) in [6, 6.07) is 3.65. The molecule has 2 aliphatic heterocycles. The van der Waals surface area contributed by atoms with Crippen molar-refractivity contribution in [1.29, 1.82) is 0 Å². The average molecular weight is 383 g/mol. The molecule has 1 amide bonds. The van der Waals surface area contributed by atoms with Gasteiger partial charge in [0.05, 0.1) is 18.1 Å². The van der Waals surface area contributed by atoms with Crippen LogP contribution in [-0.2, 0) is 21.2 Å². The zero-order valence-electron chi connectivity index (χ0n) is 15.8. The van der Waals surface area contributed by atoms with Gasteiger partial charge in [0, 0.05) is 31.6 Å². The zero-order valence-corrected chi connectivity index (χ0v) is 16.6. The first-order chi connectivity index (χ1) is 12.3. The Bertz CT molecular complexity index is 720. The molecule has 0 spiro atoms. The van der Waals surface area contributed by atoms with Crippen LogP contribution in [0.1, 0.15) is 51.7 Å². The minimum atomic E-state index is -3.04. The smallest absolute Gasteiger partial charge is 0.223 e. The number of rotatable bonds is 6. The van der Waals surface area contributed by atoms with Gasteiger partial charge in [0.2, 0.25) is 5.91 Å². The molecule has 0 saturated carbocycles. The standard InChI is InChI=1S/C19H30N2O4S/c1-15(2)12-18(22)21(16-8-11-26(23,24)14-16)13-17-6-7-19(25-17)20-9-4-3-5-10-20/h6-7,15-16H,3-5,8-14H2,1-2H3. The van der Waals surface area contributed by atoms with E-state index in [4.69, 9.17) is 4.42 Å². The third-order valence-corrected chi connectivity index (χ3v) is 6.94. The van der Waals surface area contributed by atoms with Crippen molar-refractivity contribution in [2.45, 2.75) is 58.5 Å². The summed E-state index contributed by atoms with van der Waals surface area (Å²) in [5.74, 6) is 2.07. The number of carbonyl (C=O) groups is 1. The van der Waals surface area contributed by atoms with Gasteiger partial charge < -0.3 is 14.2 Å². The molecule has 7 heteroatoms. The molecule has 0 aliphatic carbocycles. The third kappa shape index (κ3) is 4.81. The van der Waals surface area contributed by atoms with E-state index in [1.54, 1.807) is 4.90 Å². The SMILES string of the molecule is CC(C)CC(=O)N(Cc1ccc(N2CCCCC2)o1)C1CCS(=O)(=O)C1. The van der Waals surface area contributed by atoms with E-state index in [1.165, 1.54) is 19.3 Å². The van der Waals surface area contributed by atoms with E-state index < -0.39 is 9.84 Å². The van der Waals surface area contributed by atoms with Crippen molar-refractivity contribution in [1.82, 2.24) is 4.90 Å². The predicted molar refractivity (Wildman–Crippen MR) is 102 cm³/mol. The summed E-state index contributed by atoms with van der Waals surface area (Å²) in [6.07, 6.45) is 4.56. The van der Waals surface area contributed by atoms with Gasteiger partial charge in [-0.05, 0) is 37.7 Å². The highest BCUT2D eigenvalue weighted by Gasteiger charge is 2.35. The van der Waals surface area contributed by atoms with Crippen molar-refractivity contribution >= 4 is 21.6 Å². The van der Waals surface area contributed by atoms with Gasteiger partial charge in [0.1, 0.15) is 5.76 Å². The summed E-state index contributed by atoms with van der Waals surface area (Å²) >= 11 is 0. The van der Waals surface area contributed by atoms with E-state index >= 15 is 0 Å². The quantitative estimate of drug-likeness (QED) is 0.757. The largest absolute Gasteiger partial charge is 0.444 e. The highest BCUT2D eigenvalue weighted by molar-refractivity contribution is 7.91. The molecular formula is C19H30N2O4S. The van der Waals surface area contributed by atoms with Gasteiger partial charge in [-0.25, -0.2) is 8.42 Å². The molecule has 0 bridgehead atoms. The Hall–Kier alpha value is -1.50. The van der Waals surface area contributed by atoms with Crippen molar-refractivity contribution in [3.8, 4) is 0 Å². The Morgan fingerprint density at radius 2 is 2.00 bits per heavy atom. The van der Waals surface area contributed by atoms with Crippen LogP contribution in [0.4, 0.5) is 5.88 Å². The summed E-state index contributed by atoms with van der Waals surface area (Å²) in [4.78, 5) is 16.7. The second-order valence-electron chi connectivity index (χ2n) is 7.96. The second-order valence-corrected chi connectivity index (χ2v) is 10.2. The van der Waals surface area contributed by atoms with Gasteiger partial charge in [-0.1, -0.05) is 13.8 Å². The van der Waals surface area contributed by atoms with E-state index in [2.05, 4.69) is 4.90 Å². The van der Waals surface area contributed by atoms with Gasteiger partial charge in [-0.2, -0.15) is 0 Å². The molecule has 2 aliphatic rings. The Kier molecular flexibility index (Phi) is 5.95. The Balaban J connectivity index is 1.73. The summed E-state index contributed by atoms with van der Waals surface area (Å²) in [6.45, 7) is 6.36. The van der Waals surface area contributed by atoms with Crippen molar-refractivity contribution in [2.24, 2.45) is 5.92 Å². The molecule has 1 unspecified atom stereocenters. The maximum absolute atomic E-state index is 12.7. The molecule has 0 aromatic carbocycles. The highest BCUT2D eigenvalue weighted by Crippen LogP contribution is 2.26. The summed E-state index contributed by atoms with van der Waals surface area (Å²) in [5.41, 5.74) is 0. The van der Waals surface area contributed by atoms with Gasteiger partial charge in [-0.15, -0.1) is 0 Å². The Morgan fingerprint density at radius 1 is 1.27 bits per heavy atom. The van der Waals surface area contributed by atoms with Crippen LogP contribution in [0.25, 0.3) is 0 Å². The Morgan fingerprint density at radius 3 is 2.62 bits per heavy atom. The lowest BCUT2D eigenvalue weighted by atomic mass is 10.1. The lowest BCUT2D eigenvalue weighted by Gasteiger charge is -2.28. The van der Waals surface area contributed by atoms with E-state index in [-0.39, 0.29) is 29.4 Å². The predicted octanol–water partition coefficient (Wildman–Crippen LogP) is 2.83. The number of amides is 1. The van der Waals surface area contributed by atoms with Crippen molar-refractivity contribution in [3.05, 3.63) is 17.9 Å². The third-order valence-electron chi connectivity index (χ3n) is 5.19. The summed E-state index contributed by atoms with van der Waals surface area (Å²) in [5, 5.41) is 0. The van der Waals surface area contributed by atoms with Gasteiger partial charge in [0.25, 0.3) is 0 Å². The molecule has 1 aromatic heterocycles. The fraction of sp³-hybridized carbons (Fsp3) is 0.737. The minimum Gasteiger partial charge on any atom is -0.444 e. The lowest BCUT2D eigenvalue weighted by molar-refractivity contribution is -0.134. The molecule has 0 N–H and O–H groups in total. The van der Waals surface area contributed by atoms with E-state index in [0.29, 0.717) is 19.4 Å². The maximum Gasteiger partial charge on any atom is 0.223 e. The van der Waals surface area contributed by atoms with Crippen LogP contribution in [-0.4, -0.2) is 49.9 Å². The van der Waals surface area contributed by atoms with Crippen molar-refractivity contribution < 1.29 is 17.6 Å². The minimum absolute atomic E-state index is 0.0121. The molecule has 3 rings (SSSR count). The first-order valence-corrected chi connectivity index (χ1v) is 11.5. The first kappa shape index (κ1) is 19.3. The van der Waals surface area contributed by atoms with Crippen LogP contribution in [0.15, 0.2) is 16.5 Å². The number of piperidine rings is 1. The van der Waals surface area contributed by atoms with E-state index in [0.717, 1.165) is 24.7 Å². The number of furan rings is 1. The topological polar surface area (TPSA) is 70.8 Å². The molecule has 3 heterocycles. The number of nitrogens with zero attached hydrogens (tertiary/aromatic N) is 2. The van der Waals surface area contributed by atoms with Gasteiger partial charge >= 0.3 is 0 Å². The van der Waals surface area contributed by atoms with Gasteiger partial charge in [-0.3, -0.25) is 4.79 Å². The number of anilines is 1. The van der Waals surface area contributed by atoms with Crippen molar-refractivity contribution in [2.75, 3.05) is 29.5 Å². The molecule has 1 atom stereocenters. The zero-order chi connectivity index (χ0) is 18.7. The molecule has 26 heavy (non-hydrogen) atoms. The first-order valence-electron chi connectivity index (χ1n) is 9.67. The van der Waals surface area contributed by atoms with E-state index in [1.807, 2.05) is 26.0 Å². The normalized spacial score (nSPS) is 22.7. The fourth-order valence-corrected chi connectivity index (χ4v) is 5.54. The van der Waals surface area contributed by atoms with Gasteiger partial charge in [0.15, 0.2) is 15.7 Å². The monoisotopic (exact) mass is 382 g/mol. The number of carbonyl (C=O) groups excluding carboxylic acids is 1. The van der Waals surface area contributed by atoms with Crippen LogP contribution in [0.5, 0.6) is 0 Å². The number of sulfone groups is 1. The second kappa shape index (κ2) is 8.03. The van der Waals surface area contributed by atoms with Crippen molar-refractivity contribution in [3.63, 3.8) is 0 Å². The van der Waals surface area contributed by atoms with Crippen LogP contribution < -0.4 is 4.90 Å². The number of hydrogen-bond donors (Lipinski definition) is 0. The molecule has 2 fully saturated rings. The van der Waals surface area contributed by atoms with Crippen LogP contribution in [0, 0.1) is 5.92 Å². The van der Waals surface area contributed by atoms with Crippen LogP contribution in [0.3, 0.4) is 0 Å². The molecule has 2 saturated heterocycles. The molecule has 0 radical (unpaired) electrons. The van der Waals surface area contributed by atoms with Crippen LogP contribution >= 0.6 is 0 Å². The number of hydrogen-bond acceptors (Lipinski definition) is 5. The summed E-state index contributed by atoms with van der Waals surface area (Å²) in [7, 11) is -3.04. The molecule has 1 aromatic rings. The highest BCUT2D eigenvalue weighted by atomic mass is 32.2. The lowest BCUT2D eigenvalue weighted by Crippen LogP contribution is -2.41. The van der Waals surface area contributed by atoms with E-state index in [9.17, 15) is 13.2 Å². The molecular weight excluding hydrogens is 352 g/mol. The molecule has 6 nitrogen and oxygen atoms in total. The Labute approximate surface area is 156 Å². The summed E-state index contributed by atoms with van der Waals surface area (Å²) < 4.78 is 29.8. The molecule has 146 valence electrons. The van der Waals surface area contributed by atoms with Crippen LogP contribution in [0.2, 0.25) is 0 Å². The fourth-order valence-electron chi connectivity index (χ4n) is 3.81.